The molecule has 3 N–H and O–H groups in total. The van der Waals surface area contributed by atoms with E-state index in [0.29, 0.717) is 28.7 Å². The summed E-state index contributed by atoms with van der Waals surface area (Å²) in [5.74, 6) is 1.31. The van der Waals surface area contributed by atoms with E-state index in [4.69, 9.17) is 14.7 Å². The van der Waals surface area contributed by atoms with E-state index >= 15 is 0 Å². The number of benzene rings is 2. The summed E-state index contributed by atoms with van der Waals surface area (Å²) in [6.07, 6.45) is 2.12. The first-order valence-electron chi connectivity index (χ1n) is 10.3. The number of methoxy groups -OCH3 is 1. The molecule has 1 saturated heterocycles. The molecule has 1 fully saturated rings. The summed E-state index contributed by atoms with van der Waals surface area (Å²) in [6.45, 7) is 0.776. The zero-order valence-corrected chi connectivity index (χ0v) is 17.0. The first-order valence-corrected chi connectivity index (χ1v) is 10.3. The van der Waals surface area contributed by atoms with Crippen molar-refractivity contribution in [2.45, 2.75) is 31.5 Å². The van der Waals surface area contributed by atoms with Crippen LogP contribution in [0.15, 0.2) is 42.5 Å². The van der Waals surface area contributed by atoms with Crippen LogP contribution in [0.3, 0.4) is 0 Å². The maximum absolute atomic E-state index is 13.4. The molecule has 4 aromatic rings. The molecule has 160 valence electrons. The Morgan fingerprint density at radius 1 is 1.16 bits per heavy atom. The van der Waals surface area contributed by atoms with Crippen LogP contribution < -0.4 is 15.4 Å². The highest BCUT2D eigenvalue weighted by Gasteiger charge is 2.24. The van der Waals surface area contributed by atoms with Gasteiger partial charge in [0.1, 0.15) is 17.8 Å². The first kappa shape index (κ1) is 19.7. The Morgan fingerprint density at radius 3 is 2.81 bits per heavy atom. The zero-order valence-electron chi connectivity index (χ0n) is 17.0. The quantitative estimate of drug-likeness (QED) is 0.465. The lowest BCUT2D eigenvalue weighted by molar-refractivity contribution is 0.121. The Kier molecular flexibility index (Phi) is 5.13. The van der Waals surface area contributed by atoms with Crippen LogP contribution in [0, 0.1) is 5.82 Å². The van der Waals surface area contributed by atoms with Crippen molar-refractivity contribution in [1.29, 1.82) is 0 Å². The van der Waals surface area contributed by atoms with Crippen molar-refractivity contribution in [2.75, 3.05) is 19.0 Å². The third kappa shape index (κ3) is 3.77. The third-order valence-corrected chi connectivity index (χ3v) is 5.57. The maximum atomic E-state index is 13.4. The van der Waals surface area contributed by atoms with Gasteiger partial charge in [-0.2, -0.15) is 4.52 Å². The Morgan fingerprint density at radius 2 is 2.00 bits per heavy atom. The minimum atomic E-state index is -0.689. The van der Waals surface area contributed by atoms with Gasteiger partial charge in [0.2, 0.25) is 5.95 Å². The van der Waals surface area contributed by atoms with E-state index in [9.17, 15) is 9.50 Å². The Balaban J connectivity index is 1.66. The van der Waals surface area contributed by atoms with Crippen molar-refractivity contribution in [3.8, 4) is 17.1 Å². The molecule has 1 aliphatic rings. The van der Waals surface area contributed by atoms with Crippen molar-refractivity contribution >= 4 is 22.5 Å². The normalized spacial score (nSPS) is 19.5. The molecule has 0 amide bonds. The number of ether oxygens (including phenoxy) is 1. The number of aliphatic hydroxyl groups is 1. The molecule has 2 aromatic heterocycles. The molecule has 31 heavy (non-hydrogen) atoms. The van der Waals surface area contributed by atoms with Crippen molar-refractivity contribution < 1.29 is 14.2 Å². The van der Waals surface area contributed by atoms with E-state index in [1.807, 2.05) is 18.2 Å². The summed E-state index contributed by atoms with van der Waals surface area (Å²) < 4.78 is 20.4. The SMILES string of the molecule is COc1ccc2nc(N[C@@H]3CCCCNC3O)n3nc(-c4ccc(F)cc4)nc3c2c1. The van der Waals surface area contributed by atoms with Gasteiger partial charge in [0.05, 0.1) is 18.7 Å². The number of halogens is 1. The minimum Gasteiger partial charge on any atom is -0.497 e. The number of aliphatic hydroxyl groups excluding tert-OH is 1. The van der Waals surface area contributed by atoms with E-state index in [1.54, 1.807) is 23.8 Å². The molecule has 0 spiro atoms. The summed E-state index contributed by atoms with van der Waals surface area (Å²) in [7, 11) is 1.61. The van der Waals surface area contributed by atoms with Crippen LogP contribution in [0.25, 0.3) is 27.9 Å². The van der Waals surface area contributed by atoms with E-state index in [2.05, 4.69) is 15.7 Å². The smallest absolute Gasteiger partial charge is 0.226 e. The molecular formula is C22H23FN6O2. The number of anilines is 1. The Bertz CT molecular complexity index is 1230. The van der Waals surface area contributed by atoms with Gasteiger partial charge in [-0.15, -0.1) is 5.10 Å². The second-order valence-corrected chi connectivity index (χ2v) is 7.64. The monoisotopic (exact) mass is 422 g/mol. The molecule has 0 aliphatic carbocycles. The standard InChI is InChI=1S/C22H23FN6O2/c1-31-15-9-10-17-16(12-15)20-27-19(13-5-7-14(23)8-6-13)28-29(20)22(25-17)26-18-4-2-3-11-24-21(18)30/h5-10,12,18,21,24,30H,2-4,11H2,1H3,(H,25,26)/t18-,21?/m1/s1. The number of hydrogen-bond acceptors (Lipinski definition) is 7. The minimum absolute atomic E-state index is 0.215. The highest BCUT2D eigenvalue weighted by Crippen LogP contribution is 2.28. The highest BCUT2D eigenvalue weighted by atomic mass is 19.1. The number of aromatic nitrogens is 4. The van der Waals surface area contributed by atoms with Gasteiger partial charge in [-0.25, -0.2) is 14.4 Å². The lowest BCUT2D eigenvalue weighted by Gasteiger charge is -2.23. The summed E-state index contributed by atoms with van der Waals surface area (Å²) in [4.78, 5) is 9.48. The number of rotatable bonds is 4. The van der Waals surface area contributed by atoms with Crippen molar-refractivity contribution in [3.05, 3.63) is 48.3 Å². The van der Waals surface area contributed by atoms with Gasteiger partial charge >= 0.3 is 0 Å². The molecule has 5 rings (SSSR count). The van der Waals surface area contributed by atoms with Gasteiger partial charge in [-0.1, -0.05) is 0 Å². The van der Waals surface area contributed by atoms with Crippen LogP contribution in [0.4, 0.5) is 10.3 Å². The van der Waals surface area contributed by atoms with E-state index in [0.717, 1.165) is 36.7 Å². The molecule has 1 aliphatic heterocycles. The van der Waals surface area contributed by atoms with Crippen molar-refractivity contribution in [2.24, 2.45) is 0 Å². The van der Waals surface area contributed by atoms with Crippen LogP contribution in [-0.4, -0.2) is 50.6 Å². The number of hydrogen-bond donors (Lipinski definition) is 3. The molecule has 3 heterocycles. The fraction of sp³-hybridized carbons (Fsp3) is 0.318. The molecule has 9 heteroatoms. The highest BCUT2D eigenvalue weighted by molar-refractivity contribution is 5.94. The first-order chi connectivity index (χ1) is 15.1. The van der Waals surface area contributed by atoms with Gasteiger partial charge in [-0.3, -0.25) is 5.32 Å². The molecule has 2 atom stereocenters. The predicted molar refractivity (Wildman–Crippen MR) is 116 cm³/mol. The topological polar surface area (TPSA) is 96.6 Å². The molecular weight excluding hydrogens is 399 g/mol. The maximum Gasteiger partial charge on any atom is 0.226 e. The lowest BCUT2D eigenvalue weighted by atomic mass is 10.1. The third-order valence-electron chi connectivity index (χ3n) is 5.57. The zero-order chi connectivity index (χ0) is 21.4. The van der Waals surface area contributed by atoms with Gasteiger partial charge in [-0.05, 0) is 68.3 Å². The second-order valence-electron chi connectivity index (χ2n) is 7.64. The van der Waals surface area contributed by atoms with Crippen LogP contribution in [-0.2, 0) is 0 Å². The summed E-state index contributed by atoms with van der Waals surface area (Å²) in [5, 5.41) is 22.4. The van der Waals surface area contributed by atoms with Gasteiger partial charge < -0.3 is 15.2 Å². The van der Waals surface area contributed by atoms with E-state index in [1.165, 1.54) is 12.1 Å². The average molecular weight is 422 g/mol. The lowest BCUT2D eigenvalue weighted by Crippen LogP contribution is -2.43. The second kappa shape index (κ2) is 8.09. The van der Waals surface area contributed by atoms with E-state index in [-0.39, 0.29) is 11.9 Å². The number of nitrogens with zero attached hydrogens (tertiary/aromatic N) is 4. The Labute approximate surface area is 178 Å². The van der Waals surface area contributed by atoms with Crippen LogP contribution in [0.2, 0.25) is 0 Å². The number of fused-ring (bicyclic) bond motifs is 3. The van der Waals surface area contributed by atoms with Crippen molar-refractivity contribution in [3.63, 3.8) is 0 Å². The van der Waals surface area contributed by atoms with Crippen LogP contribution >= 0.6 is 0 Å². The summed E-state index contributed by atoms with van der Waals surface area (Å²) in [6, 6.07) is 11.4. The molecule has 0 bridgehead atoms. The average Bonchev–Trinajstić information content (AvgIpc) is 3.14. The predicted octanol–water partition coefficient (Wildman–Crippen LogP) is 2.96. The molecule has 0 radical (unpaired) electrons. The molecule has 0 saturated carbocycles. The van der Waals surface area contributed by atoms with Gasteiger partial charge in [0.15, 0.2) is 11.5 Å². The van der Waals surface area contributed by atoms with Gasteiger partial charge in [0, 0.05) is 10.9 Å². The van der Waals surface area contributed by atoms with Crippen molar-refractivity contribution in [1.82, 2.24) is 24.9 Å². The largest absolute Gasteiger partial charge is 0.497 e. The number of nitrogens with one attached hydrogen (secondary N) is 2. The van der Waals surface area contributed by atoms with Gasteiger partial charge in [0.25, 0.3) is 0 Å². The molecule has 2 aromatic carbocycles. The Hall–Kier alpha value is -3.30. The fourth-order valence-corrected chi connectivity index (χ4v) is 3.89. The van der Waals surface area contributed by atoms with Crippen LogP contribution in [0.1, 0.15) is 19.3 Å². The fourth-order valence-electron chi connectivity index (χ4n) is 3.89. The molecule has 1 unspecified atom stereocenters. The molecule has 8 nitrogen and oxygen atoms in total. The summed E-state index contributed by atoms with van der Waals surface area (Å²) >= 11 is 0. The van der Waals surface area contributed by atoms with E-state index < -0.39 is 6.23 Å². The van der Waals surface area contributed by atoms with Crippen LogP contribution in [0.5, 0.6) is 5.75 Å². The summed E-state index contributed by atoms with van der Waals surface area (Å²) in [5.41, 5.74) is 2.02.